The van der Waals surface area contributed by atoms with Crippen LogP contribution in [0.1, 0.15) is 45.0 Å². The third-order valence-corrected chi connectivity index (χ3v) is 2.76. The third-order valence-electron chi connectivity index (χ3n) is 2.76. The maximum absolute atomic E-state index is 4.61. The fraction of sp³-hybridized carbons (Fsp3) is 0.750. The Morgan fingerprint density at radius 1 is 1.40 bits per heavy atom. The molecule has 0 aliphatic heterocycles. The van der Waals surface area contributed by atoms with E-state index in [1.165, 1.54) is 11.4 Å². The lowest BCUT2D eigenvalue weighted by Crippen LogP contribution is -2.23. The molecule has 3 nitrogen and oxygen atoms in total. The molecule has 1 unspecified atom stereocenters. The predicted octanol–water partition coefficient (Wildman–Crippen LogP) is 2.18. The van der Waals surface area contributed by atoms with Gasteiger partial charge >= 0.3 is 0 Å². The molecule has 1 heterocycles. The molecule has 1 rings (SSSR count). The zero-order chi connectivity index (χ0) is 11.4. The molecule has 0 saturated heterocycles. The molecule has 0 radical (unpaired) electrons. The molecular formula is C12H23N3. The second-order valence-corrected chi connectivity index (χ2v) is 4.42. The quantitative estimate of drug-likeness (QED) is 0.805. The fourth-order valence-electron chi connectivity index (χ4n) is 1.72. The standard InChI is InChI=1S/C12H23N3/c1-6-15-12(9(2)3)8-11(14-15)7-10(4)13-5/h8-10,13H,6-7H2,1-5H3. The van der Waals surface area contributed by atoms with Crippen molar-refractivity contribution in [3.63, 3.8) is 0 Å². The summed E-state index contributed by atoms with van der Waals surface area (Å²) in [7, 11) is 1.99. The van der Waals surface area contributed by atoms with Crippen LogP contribution in [-0.4, -0.2) is 22.9 Å². The van der Waals surface area contributed by atoms with E-state index >= 15 is 0 Å². The SMILES string of the molecule is CCn1nc(CC(C)NC)cc1C(C)C. The van der Waals surface area contributed by atoms with E-state index in [1.807, 2.05) is 7.05 Å². The Labute approximate surface area is 92.9 Å². The lowest BCUT2D eigenvalue weighted by Gasteiger charge is -2.06. The minimum absolute atomic E-state index is 0.491. The van der Waals surface area contributed by atoms with Crippen LogP contribution in [0.3, 0.4) is 0 Å². The smallest absolute Gasteiger partial charge is 0.0643 e. The van der Waals surface area contributed by atoms with E-state index in [0.29, 0.717) is 12.0 Å². The Balaban J connectivity index is 2.83. The van der Waals surface area contributed by atoms with Crippen molar-refractivity contribution in [2.45, 2.75) is 52.6 Å². The summed E-state index contributed by atoms with van der Waals surface area (Å²) in [5.74, 6) is 0.552. The van der Waals surface area contributed by atoms with Crippen molar-refractivity contribution in [2.24, 2.45) is 0 Å². The molecule has 1 N–H and O–H groups in total. The monoisotopic (exact) mass is 209 g/mol. The zero-order valence-electron chi connectivity index (χ0n) is 10.5. The Morgan fingerprint density at radius 3 is 2.47 bits per heavy atom. The highest BCUT2D eigenvalue weighted by Crippen LogP contribution is 2.16. The first-order valence-corrected chi connectivity index (χ1v) is 5.82. The highest BCUT2D eigenvalue weighted by Gasteiger charge is 2.11. The van der Waals surface area contributed by atoms with E-state index in [0.717, 1.165) is 13.0 Å². The molecule has 0 saturated carbocycles. The highest BCUT2D eigenvalue weighted by molar-refractivity contribution is 5.14. The Kier molecular flexibility index (Phi) is 4.33. The Bertz CT molecular complexity index is 302. The molecule has 15 heavy (non-hydrogen) atoms. The van der Waals surface area contributed by atoms with Gasteiger partial charge in [0.15, 0.2) is 0 Å². The first-order valence-electron chi connectivity index (χ1n) is 5.82. The molecule has 0 amide bonds. The van der Waals surface area contributed by atoms with Gasteiger partial charge in [0, 0.05) is 24.7 Å². The van der Waals surface area contributed by atoms with Crippen molar-refractivity contribution < 1.29 is 0 Å². The van der Waals surface area contributed by atoms with Crippen LogP contribution in [0.2, 0.25) is 0 Å². The molecule has 0 bridgehead atoms. The van der Waals surface area contributed by atoms with Crippen LogP contribution in [0, 0.1) is 0 Å². The lowest BCUT2D eigenvalue weighted by molar-refractivity contribution is 0.567. The highest BCUT2D eigenvalue weighted by atomic mass is 15.3. The van der Waals surface area contributed by atoms with Crippen LogP contribution in [0.4, 0.5) is 0 Å². The average molecular weight is 209 g/mol. The van der Waals surface area contributed by atoms with E-state index in [4.69, 9.17) is 0 Å². The second-order valence-electron chi connectivity index (χ2n) is 4.42. The molecule has 1 aromatic rings. The van der Waals surface area contributed by atoms with Gasteiger partial charge in [-0.05, 0) is 32.9 Å². The third kappa shape index (κ3) is 3.06. The van der Waals surface area contributed by atoms with Crippen molar-refractivity contribution >= 4 is 0 Å². The molecule has 86 valence electrons. The van der Waals surface area contributed by atoms with Gasteiger partial charge in [-0.1, -0.05) is 13.8 Å². The van der Waals surface area contributed by atoms with Crippen molar-refractivity contribution in [3.8, 4) is 0 Å². The number of hydrogen-bond donors (Lipinski definition) is 1. The molecule has 3 heteroatoms. The largest absolute Gasteiger partial charge is 0.317 e. The fourth-order valence-corrected chi connectivity index (χ4v) is 1.72. The number of nitrogens with zero attached hydrogens (tertiary/aromatic N) is 2. The van der Waals surface area contributed by atoms with E-state index < -0.39 is 0 Å². The summed E-state index contributed by atoms with van der Waals surface area (Å²) >= 11 is 0. The van der Waals surface area contributed by atoms with Gasteiger partial charge in [-0.2, -0.15) is 5.10 Å². The molecule has 1 aromatic heterocycles. The van der Waals surface area contributed by atoms with Crippen LogP contribution in [0.25, 0.3) is 0 Å². The Hall–Kier alpha value is -0.830. The van der Waals surface area contributed by atoms with Crippen molar-refractivity contribution in [2.75, 3.05) is 7.05 Å². The maximum atomic E-state index is 4.61. The second kappa shape index (κ2) is 5.31. The summed E-state index contributed by atoms with van der Waals surface area (Å²) in [6.45, 7) is 9.72. The number of aryl methyl sites for hydroxylation is 1. The normalized spacial score (nSPS) is 13.5. The number of rotatable bonds is 5. The van der Waals surface area contributed by atoms with Crippen LogP contribution >= 0.6 is 0 Å². The molecule has 1 atom stereocenters. The molecule has 0 spiro atoms. The maximum Gasteiger partial charge on any atom is 0.0643 e. The minimum atomic E-state index is 0.491. The van der Waals surface area contributed by atoms with E-state index in [9.17, 15) is 0 Å². The first kappa shape index (κ1) is 12.2. The van der Waals surface area contributed by atoms with E-state index in [1.54, 1.807) is 0 Å². The molecule has 0 aromatic carbocycles. The molecular weight excluding hydrogens is 186 g/mol. The summed E-state index contributed by atoms with van der Waals surface area (Å²) < 4.78 is 2.11. The summed E-state index contributed by atoms with van der Waals surface area (Å²) in [5, 5.41) is 7.85. The van der Waals surface area contributed by atoms with Gasteiger partial charge in [0.1, 0.15) is 0 Å². The lowest BCUT2D eigenvalue weighted by atomic mass is 10.1. The number of hydrogen-bond acceptors (Lipinski definition) is 2. The first-order chi connectivity index (χ1) is 7.08. The van der Waals surface area contributed by atoms with Crippen LogP contribution in [0.15, 0.2) is 6.07 Å². The summed E-state index contributed by atoms with van der Waals surface area (Å²) in [6.07, 6.45) is 1.00. The van der Waals surface area contributed by atoms with E-state index in [-0.39, 0.29) is 0 Å². The predicted molar refractivity (Wildman–Crippen MR) is 64.2 cm³/mol. The van der Waals surface area contributed by atoms with Gasteiger partial charge in [-0.3, -0.25) is 4.68 Å². The van der Waals surface area contributed by atoms with Crippen LogP contribution < -0.4 is 5.32 Å². The van der Waals surface area contributed by atoms with Crippen molar-refractivity contribution in [3.05, 3.63) is 17.5 Å². The van der Waals surface area contributed by atoms with Gasteiger partial charge in [0.2, 0.25) is 0 Å². The molecule has 0 fully saturated rings. The summed E-state index contributed by atoms with van der Waals surface area (Å²) in [4.78, 5) is 0. The Morgan fingerprint density at radius 2 is 2.07 bits per heavy atom. The van der Waals surface area contributed by atoms with Crippen molar-refractivity contribution in [1.29, 1.82) is 0 Å². The van der Waals surface area contributed by atoms with E-state index in [2.05, 4.69) is 48.9 Å². The van der Waals surface area contributed by atoms with Gasteiger partial charge in [-0.15, -0.1) is 0 Å². The van der Waals surface area contributed by atoms with Crippen LogP contribution in [-0.2, 0) is 13.0 Å². The van der Waals surface area contributed by atoms with Gasteiger partial charge in [-0.25, -0.2) is 0 Å². The number of nitrogens with one attached hydrogen (secondary N) is 1. The molecule has 0 aliphatic carbocycles. The summed E-state index contributed by atoms with van der Waals surface area (Å²) in [6, 6.07) is 2.73. The average Bonchev–Trinajstić information content (AvgIpc) is 2.60. The number of likely N-dealkylation sites (N-methyl/N-ethyl adjacent to an activating group) is 1. The topological polar surface area (TPSA) is 29.9 Å². The van der Waals surface area contributed by atoms with Crippen molar-refractivity contribution in [1.82, 2.24) is 15.1 Å². The minimum Gasteiger partial charge on any atom is -0.317 e. The van der Waals surface area contributed by atoms with Gasteiger partial charge in [0.25, 0.3) is 0 Å². The van der Waals surface area contributed by atoms with Gasteiger partial charge < -0.3 is 5.32 Å². The van der Waals surface area contributed by atoms with Crippen LogP contribution in [0.5, 0.6) is 0 Å². The molecule has 0 aliphatic rings. The van der Waals surface area contributed by atoms with Gasteiger partial charge in [0.05, 0.1) is 5.69 Å². The summed E-state index contributed by atoms with van der Waals surface area (Å²) in [5.41, 5.74) is 2.54. The number of aromatic nitrogens is 2. The zero-order valence-corrected chi connectivity index (χ0v) is 10.5.